The van der Waals surface area contributed by atoms with E-state index in [-0.39, 0.29) is 12.1 Å². The highest BCUT2D eigenvalue weighted by molar-refractivity contribution is 4.94. The Hall–Kier alpha value is -0.600. The average molecular weight is 211 g/mol. The van der Waals surface area contributed by atoms with E-state index in [1.807, 2.05) is 0 Å². The molecule has 0 amide bonds. The molecule has 0 saturated carbocycles. The fourth-order valence-corrected chi connectivity index (χ4v) is 1.92. The average Bonchev–Trinajstić information content (AvgIpc) is 2.27. The van der Waals surface area contributed by atoms with Crippen LogP contribution < -0.4 is 11.3 Å². The summed E-state index contributed by atoms with van der Waals surface area (Å²) in [4.78, 5) is 2.40. The van der Waals surface area contributed by atoms with E-state index in [4.69, 9.17) is 17.0 Å². The zero-order valence-electron chi connectivity index (χ0n) is 9.41. The number of ether oxygens (including phenoxy) is 1. The Morgan fingerprint density at radius 2 is 2.53 bits per heavy atom. The molecule has 3 N–H and O–H groups in total. The first-order valence-corrected chi connectivity index (χ1v) is 5.55. The lowest BCUT2D eigenvalue weighted by molar-refractivity contribution is -0.0454. The molecule has 15 heavy (non-hydrogen) atoms. The van der Waals surface area contributed by atoms with Crippen LogP contribution in [0.2, 0.25) is 0 Å². The minimum absolute atomic E-state index is 0.0645. The van der Waals surface area contributed by atoms with Crippen molar-refractivity contribution in [3.63, 3.8) is 0 Å². The van der Waals surface area contributed by atoms with E-state index in [1.54, 1.807) is 0 Å². The highest BCUT2D eigenvalue weighted by atomic mass is 16.5. The van der Waals surface area contributed by atoms with Crippen molar-refractivity contribution >= 4 is 0 Å². The van der Waals surface area contributed by atoms with Gasteiger partial charge in [-0.3, -0.25) is 16.2 Å². The molecule has 1 aliphatic rings. The Labute approximate surface area is 92.1 Å². The standard InChI is InChI=1S/C11H21N3O/c1-3-5-10(13-12)11-9-14(6-4-2)7-8-15-11/h1,10-11,13H,4-9,12H2,2H3. The van der Waals surface area contributed by atoms with Gasteiger partial charge in [0.25, 0.3) is 0 Å². The fraction of sp³-hybridized carbons (Fsp3) is 0.818. The van der Waals surface area contributed by atoms with Crippen molar-refractivity contribution in [3.05, 3.63) is 0 Å². The van der Waals surface area contributed by atoms with Crippen LogP contribution in [-0.4, -0.2) is 43.3 Å². The fourth-order valence-electron chi connectivity index (χ4n) is 1.92. The van der Waals surface area contributed by atoms with Crippen molar-refractivity contribution in [2.75, 3.05) is 26.2 Å². The predicted octanol–water partition coefficient (Wildman–Crippen LogP) is -0.0476. The van der Waals surface area contributed by atoms with E-state index in [0.717, 1.165) is 26.2 Å². The summed E-state index contributed by atoms with van der Waals surface area (Å²) < 4.78 is 5.68. The smallest absolute Gasteiger partial charge is 0.0878 e. The molecule has 1 aliphatic heterocycles. The third-order valence-electron chi connectivity index (χ3n) is 2.72. The van der Waals surface area contributed by atoms with Crippen LogP contribution in [0.25, 0.3) is 0 Å². The highest BCUT2D eigenvalue weighted by Crippen LogP contribution is 2.11. The molecule has 1 saturated heterocycles. The summed E-state index contributed by atoms with van der Waals surface area (Å²) in [7, 11) is 0. The van der Waals surface area contributed by atoms with E-state index in [0.29, 0.717) is 6.42 Å². The van der Waals surface area contributed by atoms with Gasteiger partial charge in [0.05, 0.1) is 18.8 Å². The molecule has 2 atom stereocenters. The van der Waals surface area contributed by atoms with E-state index in [1.165, 1.54) is 6.42 Å². The van der Waals surface area contributed by atoms with Crippen LogP contribution in [0.15, 0.2) is 0 Å². The summed E-state index contributed by atoms with van der Waals surface area (Å²) in [6.07, 6.45) is 7.19. The number of terminal acetylenes is 1. The van der Waals surface area contributed by atoms with Gasteiger partial charge in [0.1, 0.15) is 0 Å². The zero-order chi connectivity index (χ0) is 11.1. The molecule has 0 spiro atoms. The first-order valence-electron chi connectivity index (χ1n) is 5.55. The maximum absolute atomic E-state index is 5.68. The van der Waals surface area contributed by atoms with Gasteiger partial charge >= 0.3 is 0 Å². The molecule has 0 radical (unpaired) electrons. The van der Waals surface area contributed by atoms with Crippen LogP contribution >= 0.6 is 0 Å². The highest BCUT2D eigenvalue weighted by Gasteiger charge is 2.26. The van der Waals surface area contributed by atoms with E-state index in [9.17, 15) is 0 Å². The van der Waals surface area contributed by atoms with Gasteiger partial charge in [-0.05, 0) is 13.0 Å². The quantitative estimate of drug-likeness (QED) is 0.380. The number of rotatable bonds is 5. The van der Waals surface area contributed by atoms with Crippen LogP contribution in [0.5, 0.6) is 0 Å². The molecule has 0 aromatic heterocycles. The minimum Gasteiger partial charge on any atom is -0.374 e. The Morgan fingerprint density at radius 1 is 1.73 bits per heavy atom. The van der Waals surface area contributed by atoms with Crippen molar-refractivity contribution < 1.29 is 4.74 Å². The second-order valence-corrected chi connectivity index (χ2v) is 3.89. The topological polar surface area (TPSA) is 50.5 Å². The molecule has 4 nitrogen and oxygen atoms in total. The van der Waals surface area contributed by atoms with Gasteiger partial charge in [-0.1, -0.05) is 6.92 Å². The molecule has 2 unspecified atom stereocenters. The van der Waals surface area contributed by atoms with Crippen molar-refractivity contribution in [2.24, 2.45) is 5.84 Å². The van der Waals surface area contributed by atoms with E-state index < -0.39 is 0 Å². The molecule has 1 fully saturated rings. The lowest BCUT2D eigenvalue weighted by atomic mass is 10.1. The number of nitrogens with one attached hydrogen (secondary N) is 1. The molecule has 1 rings (SSSR count). The van der Waals surface area contributed by atoms with Crippen LogP contribution in [0, 0.1) is 12.3 Å². The first-order chi connectivity index (χ1) is 7.31. The Morgan fingerprint density at radius 3 is 3.13 bits per heavy atom. The van der Waals surface area contributed by atoms with Gasteiger partial charge in [-0.2, -0.15) is 0 Å². The summed E-state index contributed by atoms with van der Waals surface area (Å²) in [5.41, 5.74) is 2.74. The second kappa shape index (κ2) is 6.81. The minimum atomic E-state index is 0.0645. The molecule has 0 aliphatic carbocycles. The van der Waals surface area contributed by atoms with Gasteiger partial charge in [-0.25, -0.2) is 0 Å². The van der Waals surface area contributed by atoms with Crippen LogP contribution in [0.3, 0.4) is 0 Å². The maximum atomic E-state index is 5.68. The van der Waals surface area contributed by atoms with Crippen molar-refractivity contribution in [1.82, 2.24) is 10.3 Å². The van der Waals surface area contributed by atoms with Crippen LogP contribution in [0.4, 0.5) is 0 Å². The zero-order valence-corrected chi connectivity index (χ0v) is 9.41. The van der Waals surface area contributed by atoms with Gasteiger partial charge in [-0.15, -0.1) is 12.3 Å². The van der Waals surface area contributed by atoms with Crippen molar-refractivity contribution in [2.45, 2.75) is 31.9 Å². The molecular weight excluding hydrogens is 190 g/mol. The van der Waals surface area contributed by atoms with Crippen molar-refractivity contribution in [1.29, 1.82) is 0 Å². The third-order valence-corrected chi connectivity index (χ3v) is 2.72. The molecule has 0 aromatic carbocycles. The van der Waals surface area contributed by atoms with Gasteiger partial charge in [0.2, 0.25) is 0 Å². The summed E-state index contributed by atoms with van der Waals surface area (Å²) in [6, 6.07) is 0.0645. The van der Waals surface area contributed by atoms with Crippen LogP contribution in [0.1, 0.15) is 19.8 Å². The molecule has 86 valence electrons. The molecular formula is C11H21N3O. The largest absolute Gasteiger partial charge is 0.374 e. The number of morpholine rings is 1. The molecule has 4 heteroatoms. The Kier molecular flexibility index (Phi) is 5.66. The summed E-state index contributed by atoms with van der Waals surface area (Å²) in [5, 5.41) is 0. The number of hydrogen-bond donors (Lipinski definition) is 2. The molecule has 1 heterocycles. The van der Waals surface area contributed by atoms with E-state index >= 15 is 0 Å². The summed E-state index contributed by atoms with van der Waals surface area (Å²) in [5.74, 6) is 8.09. The van der Waals surface area contributed by atoms with E-state index in [2.05, 4.69) is 23.2 Å². The van der Waals surface area contributed by atoms with Gasteiger partial charge < -0.3 is 4.74 Å². The predicted molar refractivity (Wildman–Crippen MR) is 61.0 cm³/mol. The third kappa shape index (κ3) is 3.80. The Balaban J connectivity index is 2.43. The number of nitrogens with two attached hydrogens (primary N) is 1. The number of hydrogen-bond acceptors (Lipinski definition) is 4. The van der Waals surface area contributed by atoms with Crippen molar-refractivity contribution in [3.8, 4) is 12.3 Å². The van der Waals surface area contributed by atoms with Gasteiger partial charge in [0.15, 0.2) is 0 Å². The SMILES string of the molecule is C#CCC(NN)C1CN(CCC)CCO1. The second-order valence-electron chi connectivity index (χ2n) is 3.89. The summed E-state index contributed by atoms with van der Waals surface area (Å²) in [6.45, 7) is 6.01. The monoisotopic (exact) mass is 211 g/mol. The lowest BCUT2D eigenvalue weighted by Crippen LogP contribution is -2.53. The number of nitrogens with zero attached hydrogens (tertiary/aromatic N) is 1. The lowest BCUT2D eigenvalue weighted by Gasteiger charge is -2.36. The number of hydrazine groups is 1. The molecule has 0 bridgehead atoms. The maximum Gasteiger partial charge on any atom is 0.0878 e. The summed E-state index contributed by atoms with van der Waals surface area (Å²) >= 11 is 0. The normalized spacial score (nSPS) is 24.7. The van der Waals surface area contributed by atoms with Crippen LogP contribution in [-0.2, 0) is 4.74 Å². The Bertz CT molecular complexity index is 212. The molecule has 0 aromatic rings. The van der Waals surface area contributed by atoms with Gasteiger partial charge in [0, 0.05) is 19.5 Å². The first kappa shape index (κ1) is 12.5.